The highest BCUT2D eigenvalue weighted by Crippen LogP contribution is 2.51. The third kappa shape index (κ3) is 3.45. The summed E-state index contributed by atoms with van der Waals surface area (Å²) in [6.45, 7) is 0. The first-order valence-corrected chi connectivity index (χ1v) is 10.0. The number of rotatable bonds is 5. The summed E-state index contributed by atoms with van der Waals surface area (Å²) in [7, 11) is 0. The highest BCUT2D eigenvalue weighted by molar-refractivity contribution is 8.00. The van der Waals surface area contributed by atoms with Gasteiger partial charge in [-0.3, -0.25) is 0 Å². The van der Waals surface area contributed by atoms with Gasteiger partial charge in [-0.15, -0.1) is 11.8 Å². The van der Waals surface area contributed by atoms with Crippen LogP contribution in [0.4, 0.5) is 0 Å². The SMILES string of the molecule is N#Cc1ccc(SC(c2ccccc2)(c2ccccc2)c2ccccc2)cc1. The Labute approximate surface area is 170 Å². The molecule has 0 fully saturated rings. The van der Waals surface area contributed by atoms with Gasteiger partial charge < -0.3 is 0 Å². The largest absolute Gasteiger partial charge is 0.192 e. The van der Waals surface area contributed by atoms with Gasteiger partial charge in [0.15, 0.2) is 0 Å². The number of hydrogen-bond donors (Lipinski definition) is 0. The predicted octanol–water partition coefficient (Wildman–Crippen LogP) is 6.64. The second kappa shape index (κ2) is 8.17. The van der Waals surface area contributed by atoms with Gasteiger partial charge in [-0.25, -0.2) is 0 Å². The van der Waals surface area contributed by atoms with Crippen LogP contribution in [0.2, 0.25) is 0 Å². The molecule has 0 bridgehead atoms. The number of nitrogens with zero attached hydrogens (tertiary/aromatic N) is 1. The molecule has 0 unspecified atom stereocenters. The summed E-state index contributed by atoms with van der Waals surface area (Å²) in [6, 6.07) is 41.9. The zero-order chi connectivity index (χ0) is 19.2. The lowest BCUT2D eigenvalue weighted by molar-refractivity contribution is 0.894. The van der Waals surface area contributed by atoms with Crippen molar-refractivity contribution >= 4 is 11.8 Å². The molecule has 4 aromatic rings. The van der Waals surface area contributed by atoms with Gasteiger partial charge in [0.1, 0.15) is 0 Å². The fourth-order valence-corrected chi connectivity index (χ4v) is 4.86. The molecule has 0 aliphatic rings. The maximum absolute atomic E-state index is 9.14. The summed E-state index contributed by atoms with van der Waals surface area (Å²) in [6.07, 6.45) is 0. The van der Waals surface area contributed by atoms with Crippen molar-refractivity contribution in [3.8, 4) is 6.07 Å². The van der Waals surface area contributed by atoms with Crippen LogP contribution in [0.1, 0.15) is 22.3 Å². The van der Waals surface area contributed by atoms with E-state index in [1.165, 1.54) is 16.7 Å². The molecule has 0 aliphatic carbocycles. The van der Waals surface area contributed by atoms with Gasteiger partial charge in [-0.05, 0) is 41.0 Å². The number of benzene rings is 4. The monoisotopic (exact) mass is 377 g/mol. The molecule has 28 heavy (non-hydrogen) atoms. The molecule has 0 heterocycles. The maximum Gasteiger partial charge on any atom is 0.0991 e. The minimum absolute atomic E-state index is 0.391. The average Bonchev–Trinajstić information content (AvgIpc) is 2.80. The van der Waals surface area contributed by atoms with Crippen LogP contribution in [0, 0.1) is 11.3 Å². The van der Waals surface area contributed by atoms with Crippen molar-refractivity contribution in [2.24, 2.45) is 0 Å². The molecule has 0 spiro atoms. The first-order chi connectivity index (χ1) is 13.8. The first kappa shape index (κ1) is 18.1. The number of nitriles is 1. The Morgan fingerprint density at radius 3 is 1.29 bits per heavy atom. The Kier molecular flexibility index (Phi) is 5.28. The van der Waals surface area contributed by atoms with Crippen LogP contribution >= 0.6 is 11.8 Å². The molecule has 0 radical (unpaired) electrons. The molecule has 2 heteroatoms. The van der Waals surface area contributed by atoms with Crippen molar-refractivity contribution in [3.63, 3.8) is 0 Å². The molecule has 0 atom stereocenters. The molecular formula is C26H19NS. The van der Waals surface area contributed by atoms with Gasteiger partial charge in [-0.1, -0.05) is 91.0 Å². The van der Waals surface area contributed by atoms with Crippen LogP contribution in [0.25, 0.3) is 0 Å². The normalized spacial score (nSPS) is 11.0. The van der Waals surface area contributed by atoms with Crippen molar-refractivity contribution in [1.82, 2.24) is 0 Å². The number of thioether (sulfide) groups is 1. The Bertz CT molecular complexity index is 969. The van der Waals surface area contributed by atoms with Crippen molar-refractivity contribution in [3.05, 3.63) is 138 Å². The van der Waals surface area contributed by atoms with E-state index in [4.69, 9.17) is 5.26 Å². The van der Waals surface area contributed by atoms with E-state index in [2.05, 4.69) is 97.1 Å². The summed E-state index contributed by atoms with van der Waals surface area (Å²) in [5.41, 5.74) is 4.35. The van der Waals surface area contributed by atoms with Gasteiger partial charge in [0.25, 0.3) is 0 Å². The zero-order valence-electron chi connectivity index (χ0n) is 15.3. The quantitative estimate of drug-likeness (QED) is 0.287. The van der Waals surface area contributed by atoms with Crippen LogP contribution in [0.3, 0.4) is 0 Å². The second-order valence-corrected chi connectivity index (χ2v) is 7.81. The van der Waals surface area contributed by atoms with Crippen LogP contribution in [0.5, 0.6) is 0 Å². The van der Waals surface area contributed by atoms with E-state index in [0.29, 0.717) is 5.56 Å². The average molecular weight is 378 g/mol. The first-order valence-electron chi connectivity index (χ1n) is 9.19. The molecule has 0 saturated carbocycles. The van der Waals surface area contributed by atoms with Gasteiger partial charge in [-0.2, -0.15) is 5.26 Å². The molecule has 0 saturated heterocycles. The highest BCUT2D eigenvalue weighted by Gasteiger charge is 2.37. The molecule has 4 aromatic carbocycles. The second-order valence-electron chi connectivity index (χ2n) is 6.52. The fourth-order valence-electron chi connectivity index (χ4n) is 3.47. The molecule has 1 nitrogen and oxygen atoms in total. The highest BCUT2D eigenvalue weighted by atomic mass is 32.2. The molecule has 0 aliphatic heterocycles. The summed E-state index contributed by atoms with van der Waals surface area (Å²) in [4.78, 5) is 1.12. The molecular weight excluding hydrogens is 358 g/mol. The summed E-state index contributed by atoms with van der Waals surface area (Å²) in [5, 5.41) is 9.14. The Morgan fingerprint density at radius 2 is 0.929 bits per heavy atom. The van der Waals surface area contributed by atoms with Gasteiger partial charge in [0, 0.05) is 4.90 Å². The lowest BCUT2D eigenvalue weighted by Crippen LogP contribution is -2.25. The van der Waals surface area contributed by atoms with E-state index in [9.17, 15) is 0 Å². The van der Waals surface area contributed by atoms with Crippen molar-refractivity contribution < 1.29 is 0 Å². The lowest BCUT2D eigenvalue weighted by atomic mass is 9.84. The number of hydrogen-bond acceptors (Lipinski definition) is 2. The molecule has 0 amide bonds. The minimum Gasteiger partial charge on any atom is -0.192 e. The zero-order valence-corrected chi connectivity index (χ0v) is 16.1. The fraction of sp³-hybridized carbons (Fsp3) is 0.0385. The molecule has 134 valence electrons. The topological polar surface area (TPSA) is 23.8 Å². The molecule has 0 N–H and O–H groups in total. The Morgan fingerprint density at radius 1 is 0.536 bits per heavy atom. The smallest absolute Gasteiger partial charge is 0.0991 e. The third-order valence-electron chi connectivity index (χ3n) is 4.80. The Hall–Kier alpha value is -3.28. The van der Waals surface area contributed by atoms with E-state index in [-0.39, 0.29) is 0 Å². The lowest BCUT2D eigenvalue weighted by Gasteiger charge is -2.35. The molecule has 4 rings (SSSR count). The van der Waals surface area contributed by atoms with E-state index in [1.807, 2.05) is 24.3 Å². The van der Waals surface area contributed by atoms with Crippen molar-refractivity contribution in [1.29, 1.82) is 5.26 Å². The van der Waals surface area contributed by atoms with Crippen molar-refractivity contribution in [2.75, 3.05) is 0 Å². The maximum atomic E-state index is 9.14. The molecule has 0 aromatic heterocycles. The van der Waals surface area contributed by atoms with E-state index >= 15 is 0 Å². The van der Waals surface area contributed by atoms with Crippen LogP contribution < -0.4 is 0 Å². The van der Waals surface area contributed by atoms with Gasteiger partial charge in [0.05, 0.1) is 16.4 Å². The summed E-state index contributed by atoms with van der Waals surface area (Å²) in [5.74, 6) is 0. The van der Waals surface area contributed by atoms with Crippen LogP contribution in [-0.4, -0.2) is 0 Å². The summed E-state index contributed by atoms with van der Waals surface area (Å²) < 4.78 is -0.391. The van der Waals surface area contributed by atoms with Crippen LogP contribution in [-0.2, 0) is 4.75 Å². The predicted molar refractivity (Wildman–Crippen MR) is 116 cm³/mol. The standard InChI is InChI=1S/C26H19NS/c27-20-21-16-18-25(19-17-21)28-26(22-10-4-1-5-11-22,23-12-6-2-7-13-23)24-14-8-3-9-15-24/h1-19H. The van der Waals surface area contributed by atoms with Crippen molar-refractivity contribution in [2.45, 2.75) is 9.64 Å². The Balaban J connectivity index is 1.96. The van der Waals surface area contributed by atoms with Gasteiger partial charge >= 0.3 is 0 Å². The van der Waals surface area contributed by atoms with E-state index < -0.39 is 4.75 Å². The van der Waals surface area contributed by atoms with E-state index in [0.717, 1.165) is 4.90 Å². The summed E-state index contributed by atoms with van der Waals surface area (Å²) >= 11 is 1.81. The minimum atomic E-state index is -0.391. The van der Waals surface area contributed by atoms with E-state index in [1.54, 1.807) is 11.8 Å². The van der Waals surface area contributed by atoms with Crippen LogP contribution in [0.15, 0.2) is 120 Å². The third-order valence-corrected chi connectivity index (χ3v) is 6.32. The van der Waals surface area contributed by atoms with Gasteiger partial charge in [0.2, 0.25) is 0 Å².